The van der Waals surface area contributed by atoms with Gasteiger partial charge >= 0.3 is 17.9 Å². The second kappa shape index (κ2) is 81.1. The topological polar surface area (TPSA) is 108 Å². The molecular weight excluding hydrogens is 1230 g/mol. The summed E-state index contributed by atoms with van der Waals surface area (Å²) in [7, 11) is 6.00. The van der Waals surface area contributed by atoms with Crippen LogP contribution < -0.4 is 0 Å². The van der Waals surface area contributed by atoms with E-state index in [9.17, 15) is 19.5 Å². The lowest BCUT2D eigenvalue weighted by Crippen LogP contribution is -2.40. The standard InChI is InChI=1S/C91H165NO8/c1-6-8-10-12-14-16-18-20-22-24-26-28-30-32-34-36-38-40-42-44-46-47-49-51-53-55-57-59-61-63-65-67-69-71-73-75-77-79-81-88(93)98-85-87(86-99-91(90(95)96)97-84-83-92(3,4)5)100-89(94)82-80-78-76-74-72-70-68-66-64-62-60-58-56-54-52-50-48-45-43-41-39-37-35-33-31-29-27-25-23-21-19-17-15-13-11-9-7-2/h9,11,15,17,21,23,27,29,33,35,39,41,45,48,87,91H,6-8,10,12-14,16,18-20,22,24-26,28,30-32,34,36-38,40,42-44,46-47,49-86H2,1-5H3/p+1/b11-9-,17-15-,23-21-,29-27-,35-33-,41-39-,48-45-. The molecule has 0 aliphatic carbocycles. The van der Waals surface area contributed by atoms with E-state index in [0.29, 0.717) is 17.4 Å². The average molecular weight is 1400 g/mol. The molecule has 0 aromatic carbocycles. The Morgan fingerprint density at radius 3 is 0.850 bits per heavy atom. The van der Waals surface area contributed by atoms with Crippen molar-refractivity contribution in [3.05, 3.63) is 85.1 Å². The van der Waals surface area contributed by atoms with Crippen molar-refractivity contribution < 1.29 is 42.9 Å². The van der Waals surface area contributed by atoms with Gasteiger partial charge in [0, 0.05) is 12.8 Å². The summed E-state index contributed by atoms with van der Waals surface area (Å²) < 4.78 is 23.1. The molecule has 0 aromatic heterocycles. The molecule has 0 aromatic rings. The Morgan fingerprint density at radius 1 is 0.310 bits per heavy atom. The summed E-state index contributed by atoms with van der Waals surface area (Å²) in [5.41, 5.74) is 0. The van der Waals surface area contributed by atoms with E-state index in [2.05, 4.69) is 98.9 Å². The number of carboxylic acids is 1. The zero-order valence-corrected chi connectivity index (χ0v) is 66.9. The van der Waals surface area contributed by atoms with Crippen molar-refractivity contribution in [1.29, 1.82) is 0 Å². The first kappa shape index (κ1) is 96.5. The van der Waals surface area contributed by atoms with E-state index in [4.69, 9.17) is 18.9 Å². The number of hydrogen-bond donors (Lipinski definition) is 1. The van der Waals surface area contributed by atoms with Crippen LogP contribution in [-0.4, -0.2) is 87.4 Å². The molecule has 0 saturated carbocycles. The SMILES string of the molecule is CC/C=C\C/C=C\C/C=C\C/C=C\C/C=C\C/C=C\C/C=C\CCCCCCCCCCCCCCCCCC(=O)OC(COC(=O)CCCCCCCCCCCCCCCCCCCCCCCCCCCCCCCCCCCCCCCC)COC(OCC[N+](C)(C)C)C(=O)O. The Labute approximate surface area is 620 Å². The highest BCUT2D eigenvalue weighted by molar-refractivity contribution is 5.71. The average Bonchev–Trinajstić information content (AvgIpc) is 1.14. The molecule has 100 heavy (non-hydrogen) atoms. The van der Waals surface area contributed by atoms with Gasteiger partial charge in [-0.1, -0.05) is 420 Å². The summed E-state index contributed by atoms with van der Waals surface area (Å²) in [6.07, 6.45) is 109. The van der Waals surface area contributed by atoms with E-state index in [1.165, 1.54) is 308 Å². The predicted molar refractivity (Wildman–Crippen MR) is 433 cm³/mol. The van der Waals surface area contributed by atoms with Crippen molar-refractivity contribution in [2.24, 2.45) is 0 Å². The van der Waals surface area contributed by atoms with Gasteiger partial charge < -0.3 is 28.5 Å². The molecule has 0 radical (unpaired) electrons. The molecular formula is C91H166NO8+. The smallest absolute Gasteiger partial charge is 0.361 e. The number of ether oxygens (including phenoxy) is 4. The lowest BCUT2D eigenvalue weighted by atomic mass is 10.0. The van der Waals surface area contributed by atoms with Gasteiger partial charge in [0.1, 0.15) is 13.2 Å². The third-order valence-corrected chi connectivity index (χ3v) is 19.4. The molecule has 2 unspecified atom stereocenters. The zero-order valence-electron chi connectivity index (χ0n) is 66.9. The molecule has 1 N–H and O–H groups in total. The van der Waals surface area contributed by atoms with Crippen LogP contribution in [0.3, 0.4) is 0 Å². The van der Waals surface area contributed by atoms with Crippen molar-refractivity contribution in [1.82, 2.24) is 0 Å². The largest absolute Gasteiger partial charge is 0.477 e. The van der Waals surface area contributed by atoms with Gasteiger partial charge in [0.05, 0.1) is 34.4 Å². The van der Waals surface area contributed by atoms with Crippen molar-refractivity contribution in [2.45, 2.75) is 431 Å². The number of carbonyl (C=O) groups excluding carboxylic acids is 2. The van der Waals surface area contributed by atoms with E-state index >= 15 is 0 Å². The normalized spacial score (nSPS) is 13.0. The Kier molecular flexibility index (Phi) is 78.3. The van der Waals surface area contributed by atoms with Crippen molar-refractivity contribution in [3.8, 4) is 0 Å². The third-order valence-electron chi connectivity index (χ3n) is 19.4. The fraction of sp³-hybridized carbons (Fsp3) is 0.813. The second-order valence-corrected chi connectivity index (χ2v) is 30.5. The Bertz CT molecular complexity index is 1930. The third kappa shape index (κ3) is 81.8. The van der Waals surface area contributed by atoms with Crippen LogP contribution in [-0.2, 0) is 33.3 Å². The van der Waals surface area contributed by atoms with Crippen LogP contribution in [0.5, 0.6) is 0 Å². The maximum Gasteiger partial charge on any atom is 0.361 e. The van der Waals surface area contributed by atoms with Gasteiger partial charge in [-0.3, -0.25) is 9.59 Å². The fourth-order valence-electron chi connectivity index (χ4n) is 12.9. The lowest BCUT2D eigenvalue weighted by Gasteiger charge is -2.25. The number of likely N-dealkylation sites (N-methyl/N-ethyl adjacent to an activating group) is 1. The van der Waals surface area contributed by atoms with E-state index in [1.54, 1.807) is 0 Å². The van der Waals surface area contributed by atoms with Crippen LogP contribution in [0.1, 0.15) is 418 Å². The minimum Gasteiger partial charge on any atom is -0.477 e. The zero-order chi connectivity index (χ0) is 72.5. The summed E-state index contributed by atoms with van der Waals surface area (Å²) in [6, 6.07) is 0. The first-order valence-electron chi connectivity index (χ1n) is 43.3. The van der Waals surface area contributed by atoms with Gasteiger partial charge in [-0.05, 0) is 70.6 Å². The van der Waals surface area contributed by atoms with E-state index in [1.807, 2.05) is 21.1 Å². The predicted octanol–water partition coefficient (Wildman–Crippen LogP) is 28.1. The van der Waals surface area contributed by atoms with Crippen LogP contribution in [0.4, 0.5) is 0 Å². The van der Waals surface area contributed by atoms with Gasteiger partial charge in [-0.2, -0.15) is 0 Å². The summed E-state index contributed by atoms with van der Waals surface area (Å²) in [5, 5.41) is 9.79. The summed E-state index contributed by atoms with van der Waals surface area (Å²) in [5.74, 6) is -1.98. The molecule has 0 aliphatic heterocycles. The first-order valence-corrected chi connectivity index (χ1v) is 43.3. The minimum atomic E-state index is -1.51. The van der Waals surface area contributed by atoms with E-state index < -0.39 is 18.4 Å². The Morgan fingerprint density at radius 2 is 0.570 bits per heavy atom. The van der Waals surface area contributed by atoms with Crippen LogP contribution in [0.2, 0.25) is 0 Å². The monoisotopic (exact) mass is 1400 g/mol. The lowest BCUT2D eigenvalue weighted by molar-refractivity contribution is -0.870. The van der Waals surface area contributed by atoms with Gasteiger partial charge in [-0.15, -0.1) is 0 Å². The van der Waals surface area contributed by atoms with Crippen LogP contribution in [0, 0.1) is 0 Å². The first-order chi connectivity index (χ1) is 49.1. The molecule has 0 amide bonds. The molecule has 0 rings (SSSR count). The van der Waals surface area contributed by atoms with Crippen LogP contribution in [0.25, 0.3) is 0 Å². The van der Waals surface area contributed by atoms with Crippen LogP contribution in [0.15, 0.2) is 85.1 Å². The molecule has 9 heteroatoms. The molecule has 0 saturated heterocycles. The molecule has 582 valence electrons. The molecule has 0 aliphatic rings. The highest BCUT2D eigenvalue weighted by Gasteiger charge is 2.25. The molecule has 0 heterocycles. The maximum atomic E-state index is 13.0. The van der Waals surface area contributed by atoms with Gasteiger partial charge in [0.2, 0.25) is 0 Å². The number of allylic oxidation sites excluding steroid dienone is 14. The summed E-state index contributed by atoms with van der Waals surface area (Å²) in [4.78, 5) is 37.8. The van der Waals surface area contributed by atoms with Gasteiger partial charge in [0.25, 0.3) is 6.29 Å². The number of esters is 2. The number of aliphatic carboxylic acids is 1. The van der Waals surface area contributed by atoms with Crippen LogP contribution >= 0.6 is 0 Å². The molecule has 9 nitrogen and oxygen atoms in total. The minimum absolute atomic E-state index is 0.179. The fourth-order valence-corrected chi connectivity index (χ4v) is 12.9. The number of hydrogen-bond acceptors (Lipinski definition) is 7. The van der Waals surface area contributed by atoms with Crippen molar-refractivity contribution in [3.63, 3.8) is 0 Å². The van der Waals surface area contributed by atoms with E-state index in [0.717, 1.165) is 83.5 Å². The van der Waals surface area contributed by atoms with Crippen molar-refractivity contribution in [2.75, 3.05) is 47.5 Å². The number of carbonyl (C=O) groups is 3. The molecule has 0 bridgehead atoms. The summed E-state index contributed by atoms with van der Waals surface area (Å²) >= 11 is 0. The van der Waals surface area contributed by atoms with E-state index in [-0.39, 0.29) is 38.2 Å². The van der Waals surface area contributed by atoms with Crippen molar-refractivity contribution >= 4 is 17.9 Å². The maximum absolute atomic E-state index is 13.0. The molecule has 2 atom stereocenters. The highest BCUT2D eigenvalue weighted by atomic mass is 16.7. The number of rotatable bonds is 81. The highest BCUT2D eigenvalue weighted by Crippen LogP contribution is 2.20. The number of nitrogens with zero attached hydrogens (tertiary/aromatic N) is 1. The molecule has 0 spiro atoms. The second-order valence-electron chi connectivity index (χ2n) is 30.5. The van der Waals surface area contributed by atoms with Gasteiger partial charge in [0.15, 0.2) is 6.10 Å². The number of quaternary nitrogens is 1. The number of carboxylic acid groups (broad SMARTS) is 1. The Hall–Kier alpha value is -3.53. The quantitative estimate of drug-likeness (QED) is 0.0211. The number of unbranched alkanes of at least 4 members (excludes halogenated alkanes) is 52. The Balaban J connectivity index is 3.96. The molecule has 0 fully saturated rings. The van der Waals surface area contributed by atoms with Gasteiger partial charge in [-0.25, -0.2) is 4.79 Å². The summed E-state index contributed by atoms with van der Waals surface area (Å²) in [6.45, 7) is 4.83.